The predicted molar refractivity (Wildman–Crippen MR) is 340 cm³/mol. The normalized spacial score (nSPS) is 11.9. The third kappa shape index (κ3) is 25.6. The smallest absolute Gasteiger partial charge is 0.200 e. The molecule has 0 spiro atoms. The second-order valence-electron chi connectivity index (χ2n) is 26.1. The standard InChI is InChI=1S/C49H101N.C24BF20/c1-4-6-8-10-12-14-16-18-20-22-24-26-28-30-32-34-36-38-40-42-44-46-48-50(3)49-47-45-43-41-39-37-35-33-31-29-27-25-23-21-19-17-15-13-11-9-7-5-2;26-5-1(6(27)14(35)21(42)13(5)34)25(2-7(28)15(36)22(43)16(37)8(2)29,3-9(30)17(38)23(44)18(39)10(3)31)4-11(32)19(40)24(45)20(41)12(4)33/h4-49H2,1-3H3;/q;-1/p+1. The zero-order valence-electron chi connectivity index (χ0n) is 56.2. The van der Waals surface area contributed by atoms with Crippen LogP contribution in [-0.4, -0.2) is 26.3 Å². The second kappa shape index (κ2) is 46.7. The summed E-state index contributed by atoms with van der Waals surface area (Å²) in [5, 5.41) is 0. The van der Waals surface area contributed by atoms with Crippen molar-refractivity contribution in [1.82, 2.24) is 0 Å². The average molecular weight is 1380 g/mol. The summed E-state index contributed by atoms with van der Waals surface area (Å²) in [5.74, 6) is -71.4. The Bertz CT molecular complexity index is 2420. The van der Waals surface area contributed by atoms with Crippen LogP contribution in [0.5, 0.6) is 0 Å². The highest BCUT2D eigenvalue weighted by atomic mass is 19.2. The molecule has 0 aliphatic heterocycles. The molecule has 4 aromatic rings. The maximum absolute atomic E-state index is 15.4. The van der Waals surface area contributed by atoms with Crippen LogP contribution in [0.4, 0.5) is 87.8 Å². The monoisotopic (exact) mass is 1380 g/mol. The van der Waals surface area contributed by atoms with Crippen LogP contribution in [0, 0.1) is 116 Å². The predicted octanol–water partition coefficient (Wildman–Crippen LogP) is 22.6. The molecule has 95 heavy (non-hydrogen) atoms. The Morgan fingerprint density at radius 1 is 0.168 bits per heavy atom. The highest BCUT2D eigenvalue weighted by Gasteiger charge is 2.52. The van der Waals surface area contributed by atoms with E-state index in [1.807, 2.05) is 0 Å². The Balaban J connectivity index is 0.000000497. The molecule has 0 atom stereocenters. The van der Waals surface area contributed by atoms with Crippen molar-refractivity contribution in [3.63, 3.8) is 0 Å². The van der Waals surface area contributed by atoms with E-state index in [4.69, 9.17) is 0 Å². The van der Waals surface area contributed by atoms with Crippen LogP contribution >= 0.6 is 0 Å². The number of rotatable bonds is 50. The van der Waals surface area contributed by atoms with Gasteiger partial charge in [-0.05, 0) is 25.7 Å². The van der Waals surface area contributed by atoms with E-state index in [0.29, 0.717) is 0 Å². The number of hydrogen-bond acceptors (Lipinski definition) is 0. The molecule has 1 N–H and O–H groups in total. The lowest BCUT2D eigenvalue weighted by Gasteiger charge is -2.44. The highest BCUT2D eigenvalue weighted by Crippen LogP contribution is 2.31. The van der Waals surface area contributed by atoms with E-state index in [9.17, 15) is 52.7 Å². The van der Waals surface area contributed by atoms with Gasteiger partial charge in [-0.1, -0.05) is 271 Å². The third-order valence-electron chi connectivity index (χ3n) is 18.6. The van der Waals surface area contributed by atoms with E-state index in [-0.39, 0.29) is 0 Å². The van der Waals surface area contributed by atoms with Crippen molar-refractivity contribution in [3.8, 4) is 0 Å². The largest absolute Gasteiger partial charge is 0.337 e. The van der Waals surface area contributed by atoms with Crippen molar-refractivity contribution >= 4 is 28.0 Å². The average Bonchev–Trinajstić information content (AvgIpc) is 0.683. The van der Waals surface area contributed by atoms with E-state index >= 15 is 35.1 Å². The Hall–Kier alpha value is -4.50. The fraction of sp³-hybridized carbons (Fsp3) is 0.671. The van der Waals surface area contributed by atoms with Crippen LogP contribution < -0.4 is 26.8 Å². The van der Waals surface area contributed by atoms with Gasteiger partial charge < -0.3 is 4.90 Å². The van der Waals surface area contributed by atoms with E-state index in [0.717, 1.165) is 0 Å². The minimum atomic E-state index is -7.22. The van der Waals surface area contributed by atoms with Crippen LogP contribution in [0.2, 0.25) is 0 Å². The summed E-state index contributed by atoms with van der Waals surface area (Å²) in [4.78, 5) is 1.78. The zero-order valence-corrected chi connectivity index (χ0v) is 56.2. The SMILES string of the molecule is CCCCCCCCCCCCCCCCCCCCCCCC[NH+](C)CCCCCCCCCCCCCCCCCCCCCCCC.Fc1c(F)c(F)c([B-](c2c(F)c(F)c(F)c(F)c2F)(c2c(F)c(F)c(F)c(F)c2F)c2c(F)c(F)c(F)c(F)c2F)c(F)c1F. The number of halogens is 20. The molecular weight excluding hydrogens is 1280 g/mol. The quantitative estimate of drug-likeness (QED) is 0.0148. The summed E-state index contributed by atoms with van der Waals surface area (Å²) >= 11 is 0. The van der Waals surface area contributed by atoms with E-state index in [1.165, 1.54) is 296 Å². The maximum Gasteiger partial charge on any atom is 0.200 e. The van der Waals surface area contributed by atoms with Gasteiger partial charge in [-0.25, -0.2) is 87.8 Å². The lowest BCUT2D eigenvalue weighted by molar-refractivity contribution is -0.880. The molecular formula is C73H102BF20N. The van der Waals surface area contributed by atoms with Gasteiger partial charge in [0.05, 0.1) is 20.1 Å². The molecule has 1 nitrogen and oxygen atoms in total. The molecule has 0 saturated carbocycles. The Kier molecular flexibility index (Phi) is 41.7. The van der Waals surface area contributed by atoms with Gasteiger partial charge in [0.15, 0.2) is 69.8 Å². The Labute approximate surface area is 551 Å². The molecule has 0 aliphatic rings. The Morgan fingerprint density at radius 2 is 0.274 bits per heavy atom. The van der Waals surface area contributed by atoms with Crippen LogP contribution in [0.25, 0.3) is 0 Å². The molecule has 4 aromatic carbocycles. The first kappa shape index (κ1) is 84.7. The molecule has 0 fully saturated rings. The molecule has 0 bridgehead atoms. The van der Waals surface area contributed by atoms with Crippen LogP contribution in [0.3, 0.4) is 0 Å². The first-order valence-corrected chi connectivity index (χ1v) is 35.6. The van der Waals surface area contributed by atoms with E-state index in [1.54, 1.807) is 4.90 Å². The van der Waals surface area contributed by atoms with Crippen LogP contribution in [0.1, 0.15) is 296 Å². The summed E-state index contributed by atoms with van der Waals surface area (Å²) in [7, 11) is 2.44. The van der Waals surface area contributed by atoms with E-state index < -0.39 is 144 Å². The molecule has 22 heteroatoms. The van der Waals surface area contributed by atoms with Gasteiger partial charge in [-0.3, -0.25) is 0 Å². The lowest BCUT2D eigenvalue weighted by atomic mass is 9.12. The van der Waals surface area contributed by atoms with Crippen molar-refractivity contribution < 1.29 is 92.7 Å². The molecule has 0 unspecified atom stereocenters. The second-order valence-corrected chi connectivity index (χ2v) is 26.1. The maximum atomic E-state index is 15.4. The topological polar surface area (TPSA) is 4.44 Å². The number of benzene rings is 4. The van der Waals surface area contributed by atoms with Gasteiger partial charge in [0.1, 0.15) is 52.7 Å². The summed E-state index contributed by atoms with van der Waals surface area (Å²) in [6, 6.07) is 0. The molecule has 0 amide bonds. The summed E-state index contributed by atoms with van der Waals surface area (Å²) in [6.07, 6.45) is 57.8. The van der Waals surface area contributed by atoms with Crippen molar-refractivity contribution in [1.29, 1.82) is 0 Å². The molecule has 0 radical (unpaired) electrons. The molecule has 542 valence electrons. The first-order chi connectivity index (χ1) is 45.5. The fourth-order valence-electron chi connectivity index (χ4n) is 13.1. The van der Waals surface area contributed by atoms with Crippen LogP contribution in [-0.2, 0) is 0 Å². The van der Waals surface area contributed by atoms with Crippen molar-refractivity contribution in [3.05, 3.63) is 116 Å². The van der Waals surface area contributed by atoms with Gasteiger partial charge in [0.25, 0.3) is 0 Å². The minimum absolute atomic E-state index is 1.37. The number of hydrogen-bond donors (Lipinski definition) is 1. The van der Waals surface area contributed by atoms with Gasteiger partial charge >= 0.3 is 0 Å². The molecule has 4 rings (SSSR count). The van der Waals surface area contributed by atoms with Gasteiger partial charge in [0.2, 0.25) is 0 Å². The summed E-state index contributed by atoms with van der Waals surface area (Å²) < 4.78 is 294. The number of nitrogens with one attached hydrogen (secondary N) is 1. The van der Waals surface area contributed by atoms with Crippen LogP contribution in [0.15, 0.2) is 0 Å². The fourth-order valence-corrected chi connectivity index (χ4v) is 13.1. The number of unbranched alkanes of at least 4 members (excludes halogenated alkanes) is 42. The third-order valence-corrected chi connectivity index (χ3v) is 18.6. The van der Waals surface area contributed by atoms with E-state index in [2.05, 4.69) is 20.9 Å². The molecule has 0 aromatic heterocycles. The lowest BCUT2D eigenvalue weighted by Crippen LogP contribution is -3.09. The van der Waals surface area contributed by atoms with Crippen molar-refractivity contribution in [2.24, 2.45) is 0 Å². The molecule has 0 aliphatic carbocycles. The zero-order chi connectivity index (χ0) is 70.5. The summed E-state index contributed by atoms with van der Waals surface area (Å²) in [6.45, 7) is 7.43. The van der Waals surface area contributed by atoms with Gasteiger partial charge in [-0.2, -0.15) is 0 Å². The van der Waals surface area contributed by atoms with Crippen molar-refractivity contribution in [2.45, 2.75) is 296 Å². The molecule has 0 heterocycles. The first-order valence-electron chi connectivity index (χ1n) is 35.6. The Morgan fingerprint density at radius 3 is 0.400 bits per heavy atom. The number of quaternary nitrogens is 1. The molecule has 0 saturated heterocycles. The van der Waals surface area contributed by atoms with Gasteiger partial charge in [0, 0.05) is 0 Å². The minimum Gasteiger partial charge on any atom is -0.337 e. The van der Waals surface area contributed by atoms with Crippen molar-refractivity contribution in [2.75, 3.05) is 20.1 Å². The van der Waals surface area contributed by atoms with Gasteiger partial charge in [-0.15, -0.1) is 21.9 Å². The highest BCUT2D eigenvalue weighted by molar-refractivity contribution is 7.20. The summed E-state index contributed by atoms with van der Waals surface area (Å²) in [5.41, 5.74) is -14.3.